The average molecular weight is 314 g/mol. The van der Waals surface area contributed by atoms with Crippen molar-refractivity contribution in [2.24, 2.45) is 10.9 Å². The van der Waals surface area contributed by atoms with Gasteiger partial charge in [0.1, 0.15) is 0 Å². The predicted molar refractivity (Wildman–Crippen MR) is 59.0 cm³/mol. The monoisotopic (exact) mass is 312 g/mol. The Kier molecular flexibility index (Phi) is 3.39. The Morgan fingerprint density at radius 1 is 1.40 bits per heavy atom. The molecule has 0 aliphatic carbocycles. The lowest BCUT2D eigenvalue weighted by molar-refractivity contribution is 0.1000. The average Bonchev–Trinajstić information content (AvgIpc) is 2.06. The molecule has 0 heterocycles. The fourth-order valence-electron chi connectivity index (χ4n) is 0.913. The van der Waals surface area contributed by atoms with E-state index in [4.69, 9.17) is 22.5 Å². The van der Waals surface area contributed by atoms with Gasteiger partial charge in [0.25, 0.3) is 0 Å². The van der Waals surface area contributed by atoms with Crippen molar-refractivity contribution in [2.45, 2.75) is 4.90 Å². The maximum absolute atomic E-state index is 11.1. The Hall–Kier alpha value is -0.630. The van der Waals surface area contributed by atoms with Crippen LogP contribution in [0.25, 0.3) is 0 Å². The summed E-state index contributed by atoms with van der Waals surface area (Å²) in [5, 5.41) is 4.98. The molecule has 0 spiro atoms. The van der Waals surface area contributed by atoms with Gasteiger partial charge in [0.05, 0.1) is 14.4 Å². The van der Waals surface area contributed by atoms with Crippen LogP contribution in [0.15, 0.2) is 21.5 Å². The summed E-state index contributed by atoms with van der Waals surface area (Å²) in [6, 6.07) is 2.32. The van der Waals surface area contributed by atoms with E-state index in [2.05, 4.69) is 15.9 Å². The van der Waals surface area contributed by atoms with E-state index in [1.807, 2.05) is 0 Å². The van der Waals surface area contributed by atoms with Gasteiger partial charge in [-0.05, 0) is 28.1 Å². The molecule has 0 saturated carbocycles. The van der Waals surface area contributed by atoms with Gasteiger partial charge in [0, 0.05) is 5.56 Å². The molecular formula is C7H6BrClN2O3S. The number of sulfonamides is 1. The Labute approximate surface area is 99.6 Å². The standard InChI is InChI=1S/C7H6BrClN2O3S/c8-6-4(9)1-3(7(10)12)2-5(6)15(11,13)14/h1-2H,(H2,10,12)(H2,11,13,14). The first-order valence-electron chi connectivity index (χ1n) is 3.55. The summed E-state index contributed by atoms with van der Waals surface area (Å²) in [5.41, 5.74) is 4.98. The first-order valence-corrected chi connectivity index (χ1v) is 6.27. The SMILES string of the molecule is NC(=O)c1cc(Cl)c(Br)c(S(N)(=O)=O)c1. The number of hydrogen-bond acceptors (Lipinski definition) is 3. The van der Waals surface area contributed by atoms with E-state index in [-0.39, 0.29) is 20.0 Å². The topological polar surface area (TPSA) is 103 Å². The third-order valence-electron chi connectivity index (χ3n) is 1.59. The van der Waals surface area contributed by atoms with Crippen molar-refractivity contribution >= 4 is 43.5 Å². The second-order valence-electron chi connectivity index (χ2n) is 2.68. The van der Waals surface area contributed by atoms with Crippen LogP contribution >= 0.6 is 27.5 Å². The Morgan fingerprint density at radius 3 is 2.33 bits per heavy atom. The zero-order valence-electron chi connectivity index (χ0n) is 7.20. The first-order chi connectivity index (χ1) is 6.73. The van der Waals surface area contributed by atoms with Gasteiger partial charge in [-0.1, -0.05) is 11.6 Å². The minimum absolute atomic E-state index is 0.0211. The van der Waals surface area contributed by atoms with Gasteiger partial charge >= 0.3 is 0 Å². The largest absolute Gasteiger partial charge is 0.366 e. The second-order valence-corrected chi connectivity index (χ2v) is 5.41. The smallest absolute Gasteiger partial charge is 0.248 e. The van der Waals surface area contributed by atoms with E-state index in [0.717, 1.165) is 6.07 Å². The maximum Gasteiger partial charge on any atom is 0.248 e. The summed E-state index contributed by atoms with van der Waals surface area (Å²) in [5.74, 6) is -0.783. The second kappa shape index (κ2) is 4.09. The summed E-state index contributed by atoms with van der Waals surface area (Å²) in [6.45, 7) is 0. The zero-order chi connectivity index (χ0) is 11.8. The number of carbonyl (C=O) groups is 1. The third kappa shape index (κ3) is 2.69. The normalized spacial score (nSPS) is 11.4. The van der Waals surface area contributed by atoms with E-state index in [9.17, 15) is 13.2 Å². The van der Waals surface area contributed by atoms with Gasteiger partial charge < -0.3 is 5.73 Å². The van der Waals surface area contributed by atoms with Crippen LogP contribution in [0.4, 0.5) is 0 Å². The molecule has 8 heteroatoms. The summed E-state index contributed by atoms with van der Waals surface area (Å²) in [7, 11) is -3.95. The van der Waals surface area contributed by atoms with Crippen LogP contribution in [-0.2, 0) is 10.0 Å². The molecule has 0 bridgehead atoms. The van der Waals surface area contributed by atoms with Gasteiger partial charge in [-0.2, -0.15) is 0 Å². The van der Waals surface area contributed by atoms with Crippen LogP contribution in [0, 0.1) is 0 Å². The molecule has 0 saturated heterocycles. The number of primary sulfonamides is 1. The van der Waals surface area contributed by atoms with E-state index in [1.165, 1.54) is 6.07 Å². The van der Waals surface area contributed by atoms with E-state index in [1.54, 1.807) is 0 Å². The molecule has 0 aliphatic rings. The third-order valence-corrected chi connectivity index (χ3v) is 4.16. The minimum atomic E-state index is -3.95. The molecule has 0 aromatic heterocycles. The Balaban J connectivity index is 3.59. The lowest BCUT2D eigenvalue weighted by atomic mass is 10.2. The summed E-state index contributed by atoms with van der Waals surface area (Å²) in [4.78, 5) is 10.6. The number of primary amides is 1. The highest BCUT2D eigenvalue weighted by Gasteiger charge is 2.18. The van der Waals surface area contributed by atoms with Crippen molar-refractivity contribution in [1.29, 1.82) is 0 Å². The van der Waals surface area contributed by atoms with Crippen molar-refractivity contribution < 1.29 is 13.2 Å². The molecule has 0 unspecified atom stereocenters. The highest BCUT2D eigenvalue weighted by atomic mass is 79.9. The number of hydrogen-bond donors (Lipinski definition) is 2. The molecule has 15 heavy (non-hydrogen) atoms. The number of halogens is 2. The molecule has 82 valence electrons. The molecule has 1 amide bonds. The van der Waals surface area contributed by atoms with Crippen molar-refractivity contribution in [3.05, 3.63) is 27.2 Å². The molecular weight excluding hydrogens is 308 g/mol. The van der Waals surface area contributed by atoms with Gasteiger partial charge in [-0.15, -0.1) is 0 Å². The maximum atomic E-state index is 11.1. The van der Waals surface area contributed by atoms with Crippen molar-refractivity contribution in [2.75, 3.05) is 0 Å². The van der Waals surface area contributed by atoms with Crippen molar-refractivity contribution in [3.8, 4) is 0 Å². The highest BCUT2D eigenvalue weighted by molar-refractivity contribution is 9.10. The lowest BCUT2D eigenvalue weighted by Crippen LogP contribution is -2.16. The van der Waals surface area contributed by atoms with E-state index in [0.29, 0.717) is 0 Å². The van der Waals surface area contributed by atoms with Crippen LogP contribution in [0.5, 0.6) is 0 Å². The summed E-state index contributed by atoms with van der Waals surface area (Å²) < 4.78 is 22.3. The minimum Gasteiger partial charge on any atom is -0.366 e. The number of carbonyl (C=O) groups excluding carboxylic acids is 1. The van der Waals surface area contributed by atoms with Crippen LogP contribution in [0.3, 0.4) is 0 Å². The van der Waals surface area contributed by atoms with Crippen LogP contribution in [0.1, 0.15) is 10.4 Å². The molecule has 0 radical (unpaired) electrons. The van der Waals surface area contributed by atoms with Crippen LogP contribution < -0.4 is 10.9 Å². The number of nitrogens with two attached hydrogens (primary N) is 2. The fraction of sp³-hybridized carbons (Fsp3) is 0. The highest BCUT2D eigenvalue weighted by Crippen LogP contribution is 2.30. The van der Waals surface area contributed by atoms with Crippen LogP contribution in [-0.4, -0.2) is 14.3 Å². The zero-order valence-corrected chi connectivity index (χ0v) is 10.4. The van der Waals surface area contributed by atoms with Crippen molar-refractivity contribution in [3.63, 3.8) is 0 Å². The fourth-order valence-corrected chi connectivity index (χ4v) is 2.75. The molecule has 5 nitrogen and oxygen atoms in total. The molecule has 1 rings (SSSR count). The molecule has 0 atom stereocenters. The number of rotatable bonds is 2. The molecule has 4 N–H and O–H groups in total. The number of benzene rings is 1. The molecule has 0 fully saturated rings. The van der Waals surface area contributed by atoms with Gasteiger partial charge in [0.2, 0.25) is 15.9 Å². The van der Waals surface area contributed by atoms with E-state index < -0.39 is 15.9 Å². The van der Waals surface area contributed by atoms with Crippen LogP contribution in [0.2, 0.25) is 5.02 Å². The molecule has 0 aliphatic heterocycles. The van der Waals surface area contributed by atoms with Gasteiger partial charge in [0.15, 0.2) is 0 Å². The number of amides is 1. The summed E-state index contributed by atoms with van der Waals surface area (Å²) in [6.07, 6.45) is 0. The lowest BCUT2D eigenvalue weighted by Gasteiger charge is -2.05. The Bertz CT molecular complexity index is 529. The first kappa shape index (κ1) is 12.4. The molecule has 1 aromatic rings. The molecule has 1 aromatic carbocycles. The Morgan fingerprint density at radius 2 is 1.93 bits per heavy atom. The van der Waals surface area contributed by atoms with Gasteiger partial charge in [-0.25, -0.2) is 13.6 Å². The van der Waals surface area contributed by atoms with E-state index >= 15 is 0 Å². The predicted octanol–water partition coefficient (Wildman–Crippen LogP) is 0.849. The quantitative estimate of drug-likeness (QED) is 0.845. The van der Waals surface area contributed by atoms with Crippen molar-refractivity contribution in [1.82, 2.24) is 0 Å². The van der Waals surface area contributed by atoms with Gasteiger partial charge in [-0.3, -0.25) is 4.79 Å². The summed E-state index contributed by atoms with van der Waals surface area (Å²) >= 11 is 8.65.